The SMILES string of the molecule is C=CCc1cc([N+](=O)[O-])ccc1OCC(=O)NCCOC. The van der Waals surface area contributed by atoms with E-state index in [9.17, 15) is 14.9 Å². The summed E-state index contributed by atoms with van der Waals surface area (Å²) >= 11 is 0. The molecule has 0 aliphatic rings. The first-order chi connectivity index (χ1) is 10.1. The summed E-state index contributed by atoms with van der Waals surface area (Å²) in [7, 11) is 1.54. The molecular weight excluding hydrogens is 276 g/mol. The maximum atomic E-state index is 11.5. The zero-order valence-corrected chi connectivity index (χ0v) is 11.8. The molecule has 0 fully saturated rings. The molecule has 114 valence electrons. The third-order valence-electron chi connectivity index (χ3n) is 2.61. The van der Waals surface area contributed by atoms with E-state index in [2.05, 4.69) is 11.9 Å². The Hall–Kier alpha value is -2.41. The molecule has 0 radical (unpaired) electrons. The molecule has 7 heteroatoms. The van der Waals surface area contributed by atoms with E-state index in [0.29, 0.717) is 30.9 Å². The normalized spacial score (nSPS) is 9.95. The molecule has 0 atom stereocenters. The highest BCUT2D eigenvalue weighted by atomic mass is 16.6. The minimum Gasteiger partial charge on any atom is -0.483 e. The maximum Gasteiger partial charge on any atom is 0.269 e. The third kappa shape index (κ3) is 5.62. The molecule has 1 N–H and O–H groups in total. The van der Waals surface area contributed by atoms with Crippen molar-refractivity contribution in [1.82, 2.24) is 5.32 Å². The molecule has 0 aliphatic heterocycles. The molecule has 0 aromatic heterocycles. The molecule has 0 bridgehead atoms. The Bertz CT molecular complexity index is 516. The van der Waals surface area contributed by atoms with Gasteiger partial charge in [0.1, 0.15) is 5.75 Å². The second kappa shape index (κ2) is 8.70. The van der Waals surface area contributed by atoms with Gasteiger partial charge in [-0.05, 0) is 12.5 Å². The van der Waals surface area contributed by atoms with E-state index in [1.807, 2.05) is 0 Å². The van der Waals surface area contributed by atoms with Crippen LogP contribution in [-0.2, 0) is 16.0 Å². The lowest BCUT2D eigenvalue weighted by Gasteiger charge is -2.10. The molecular formula is C14H18N2O5. The number of nitro benzene ring substituents is 1. The summed E-state index contributed by atoms with van der Waals surface area (Å²) in [5.74, 6) is 0.150. The lowest BCUT2D eigenvalue weighted by atomic mass is 10.1. The zero-order valence-electron chi connectivity index (χ0n) is 11.8. The smallest absolute Gasteiger partial charge is 0.269 e. The molecule has 1 rings (SSSR count). The number of methoxy groups -OCH3 is 1. The number of nitrogens with one attached hydrogen (secondary N) is 1. The second-order valence-electron chi connectivity index (χ2n) is 4.17. The molecule has 0 saturated carbocycles. The van der Waals surface area contributed by atoms with Crippen molar-refractivity contribution in [2.24, 2.45) is 0 Å². The van der Waals surface area contributed by atoms with Gasteiger partial charge in [-0.25, -0.2) is 0 Å². The van der Waals surface area contributed by atoms with Crippen molar-refractivity contribution < 1.29 is 19.2 Å². The van der Waals surface area contributed by atoms with E-state index in [1.165, 1.54) is 18.2 Å². The second-order valence-corrected chi connectivity index (χ2v) is 4.17. The van der Waals surface area contributed by atoms with Crippen LogP contribution in [0.3, 0.4) is 0 Å². The number of carbonyl (C=O) groups excluding carboxylic acids is 1. The van der Waals surface area contributed by atoms with Crippen LogP contribution in [0.5, 0.6) is 5.75 Å². The highest BCUT2D eigenvalue weighted by Gasteiger charge is 2.12. The van der Waals surface area contributed by atoms with Crippen LogP contribution in [-0.4, -0.2) is 37.7 Å². The van der Waals surface area contributed by atoms with Crippen LogP contribution in [0.25, 0.3) is 0 Å². The maximum absolute atomic E-state index is 11.5. The van der Waals surface area contributed by atoms with Crippen molar-refractivity contribution in [1.29, 1.82) is 0 Å². The molecule has 1 aromatic rings. The fraction of sp³-hybridized carbons (Fsp3) is 0.357. The number of nitro groups is 1. The number of carbonyl (C=O) groups is 1. The molecule has 0 saturated heterocycles. The number of non-ortho nitro benzene ring substituents is 1. The number of ether oxygens (including phenoxy) is 2. The fourth-order valence-electron chi connectivity index (χ4n) is 1.62. The summed E-state index contributed by atoms with van der Waals surface area (Å²) in [6, 6.07) is 4.24. The van der Waals surface area contributed by atoms with E-state index >= 15 is 0 Å². The molecule has 0 unspecified atom stereocenters. The highest BCUT2D eigenvalue weighted by Crippen LogP contribution is 2.24. The van der Waals surface area contributed by atoms with Gasteiger partial charge in [-0.2, -0.15) is 0 Å². The number of rotatable bonds is 9. The van der Waals surface area contributed by atoms with E-state index in [4.69, 9.17) is 9.47 Å². The summed E-state index contributed by atoms with van der Waals surface area (Å²) < 4.78 is 10.2. The van der Waals surface area contributed by atoms with Gasteiger partial charge >= 0.3 is 0 Å². The van der Waals surface area contributed by atoms with Crippen LogP contribution in [0.2, 0.25) is 0 Å². The Morgan fingerprint density at radius 3 is 2.90 bits per heavy atom. The van der Waals surface area contributed by atoms with Crippen LogP contribution in [0.4, 0.5) is 5.69 Å². The number of allylic oxidation sites excluding steroid dienone is 1. The van der Waals surface area contributed by atoms with Crippen molar-refractivity contribution in [2.45, 2.75) is 6.42 Å². The van der Waals surface area contributed by atoms with Gasteiger partial charge in [0.05, 0.1) is 11.5 Å². The summed E-state index contributed by atoms with van der Waals surface area (Å²) in [6.45, 7) is 4.26. The molecule has 0 aliphatic carbocycles. The minimum atomic E-state index is -0.478. The molecule has 1 aromatic carbocycles. The number of benzene rings is 1. The van der Waals surface area contributed by atoms with Crippen molar-refractivity contribution in [3.63, 3.8) is 0 Å². The van der Waals surface area contributed by atoms with Gasteiger partial charge in [-0.3, -0.25) is 14.9 Å². The van der Waals surface area contributed by atoms with E-state index in [1.54, 1.807) is 13.2 Å². The van der Waals surface area contributed by atoms with Gasteiger partial charge in [-0.15, -0.1) is 6.58 Å². The van der Waals surface area contributed by atoms with Crippen LogP contribution in [0, 0.1) is 10.1 Å². The average molecular weight is 294 g/mol. The van der Waals surface area contributed by atoms with E-state index in [-0.39, 0.29) is 18.2 Å². The van der Waals surface area contributed by atoms with Crippen molar-refractivity contribution in [3.8, 4) is 5.75 Å². The van der Waals surface area contributed by atoms with Crippen LogP contribution in [0.1, 0.15) is 5.56 Å². The van der Waals surface area contributed by atoms with Gasteiger partial charge in [0.25, 0.3) is 11.6 Å². The monoisotopic (exact) mass is 294 g/mol. The predicted octanol–water partition coefficient (Wildman–Crippen LogP) is 1.46. The molecule has 1 amide bonds. The lowest BCUT2D eigenvalue weighted by molar-refractivity contribution is -0.384. The van der Waals surface area contributed by atoms with Crippen LogP contribution >= 0.6 is 0 Å². The summed E-state index contributed by atoms with van der Waals surface area (Å²) in [5.41, 5.74) is 0.590. The Kier molecular flexibility index (Phi) is 6.90. The Labute approximate surface area is 122 Å². The van der Waals surface area contributed by atoms with E-state index < -0.39 is 4.92 Å². The Morgan fingerprint density at radius 1 is 1.52 bits per heavy atom. The summed E-state index contributed by atoms with van der Waals surface area (Å²) in [5, 5.41) is 13.4. The number of nitrogens with zero attached hydrogens (tertiary/aromatic N) is 1. The Morgan fingerprint density at radius 2 is 2.29 bits per heavy atom. The predicted molar refractivity (Wildman–Crippen MR) is 77.4 cm³/mol. The van der Waals surface area contributed by atoms with Crippen molar-refractivity contribution >= 4 is 11.6 Å². The quantitative estimate of drug-likeness (QED) is 0.322. The van der Waals surface area contributed by atoms with Gasteiger partial charge in [-0.1, -0.05) is 6.08 Å². The highest BCUT2D eigenvalue weighted by molar-refractivity contribution is 5.77. The first-order valence-electron chi connectivity index (χ1n) is 6.35. The average Bonchev–Trinajstić information content (AvgIpc) is 2.46. The minimum absolute atomic E-state index is 0.0243. The fourth-order valence-corrected chi connectivity index (χ4v) is 1.62. The first-order valence-corrected chi connectivity index (χ1v) is 6.35. The zero-order chi connectivity index (χ0) is 15.7. The first kappa shape index (κ1) is 16.6. The van der Waals surface area contributed by atoms with Gasteiger partial charge in [0.2, 0.25) is 0 Å². The molecule has 21 heavy (non-hydrogen) atoms. The molecule has 7 nitrogen and oxygen atoms in total. The number of hydrogen-bond donors (Lipinski definition) is 1. The van der Waals surface area contributed by atoms with Crippen LogP contribution < -0.4 is 10.1 Å². The largest absolute Gasteiger partial charge is 0.483 e. The van der Waals surface area contributed by atoms with Gasteiger partial charge in [0, 0.05) is 31.4 Å². The topological polar surface area (TPSA) is 90.7 Å². The van der Waals surface area contributed by atoms with Crippen molar-refractivity contribution in [2.75, 3.05) is 26.9 Å². The van der Waals surface area contributed by atoms with Crippen LogP contribution in [0.15, 0.2) is 30.9 Å². The van der Waals surface area contributed by atoms with Gasteiger partial charge in [0.15, 0.2) is 6.61 Å². The third-order valence-corrected chi connectivity index (χ3v) is 2.61. The summed E-state index contributed by atoms with van der Waals surface area (Å²) in [6.07, 6.45) is 2.03. The summed E-state index contributed by atoms with van der Waals surface area (Å²) in [4.78, 5) is 21.8. The van der Waals surface area contributed by atoms with Gasteiger partial charge < -0.3 is 14.8 Å². The molecule has 0 spiro atoms. The number of hydrogen-bond acceptors (Lipinski definition) is 5. The Balaban J connectivity index is 2.67. The number of amides is 1. The standard InChI is InChI=1S/C14H18N2O5/c1-3-4-11-9-12(16(18)19)5-6-13(11)21-10-14(17)15-7-8-20-2/h3,5-6,9H,1,4,7-8,10H2,2H3,(H,15,17). The van der Waals surface area contributed by atoms with Crippen molar-refractivity contribution in [3.05, 3.63) is 46.5 Å². The lowest BCUT2D eigenvalue weighted by Crippen LogP contribution is -2.31. The van der Waals surface area contributed by atoms with E-state index in [0.717, 1.165) is 0 Å². The molecule has 0 heterocycles.